The average molecular weight is 353 g/mol. The third-order valence-electron chi connectivity index (χ3n) is 4.08. The van der Waals surface area contributed by atoms with Crippen molar-refractivity contribution >= 4 is 0 Å². The normalized spacial score (nSPS) is 10.7. The van der Waals surface area contributed by atoms with Crippen LogP contribution in [-0.2, 0) is 13.0 Å². The van der Waals surface area contributed by atoms with Crippen molar-refractivity contribution < 1.29 is 13.9 Å². The van der Waals surface area contributed by atoms with Gasteiger partial charge in [-0.2, -0.15) is 0 Å². The van der Waals surface area contributed by atoms with Gasteiger partial charge in [0, 0.05) is 5.56 Å². The first-order valence-corrected chi connectivity index (χ1v) is 8.50. The van der Waals surface area contributed by atoms with Gasteiger partial charge in [-0.05, 0) is 49.7 Å². The molecule has 0 radical (unpaired) electrons. The fraction of sp³-hybridized carbons (Fsp3) is 0.300. The number of hydrogen-bond acceptors (Lipinski definition) is 6. The Balaban J connectivity index is 1.50. The molecule has 1 N–H and O–H groups in total. The van der Waals surface area contributed by atoms with Crippen LogP contribution in [0.25, 0.3) is 11.5 Å². The Morgan fingerprint density at radius 3 is 2.46 bits per heavy atom. The number of benzene rings is 2. The summed E-state index contributed by atoms with van der Waals surface area (Å²) in [7, 11) is 3.27. The highest BCUT2D eigenvalue weighted by Crippen LogP contribution is 2.27. The molecular weight excluding hydrogens is 330 g/mol. The predicted molar refractivity (Wildman–Crippen MR) is 99.4 cm³/mol. The second kappa shape index (κ2) is 8.49. The molecule has 3 aromatic rings. The van der Waals surface area contributed by atoms with Crippen LogP contribution in [0.5, 0.6) is 11.5 Å². The third-order valence-corrected chi connectivity index (χ3v) is 4.08. The molecule has 0 atom stereocenters. The van der Waals surface area contributed by atoms with Gasteiger partial charge in [0.2, 0.25) is 11.8 Å². The second-order valence-electron chi connectivity index (χ2n) is 5.98. The highest BCUT2D eigenvalue weighted by molar-refractivity contribution is 5.52. The number of methoxy groups -OCH3 is 2. The van der Waals surface area contributed by atoms with Crippen LogP contribution >= 0.6 is 0 Å². The summed E-state index contributed by atoms with van der Waals surface area (Å²) in [5.74, 6) is 2.60. The summed E-state index contributed by atoms with van der Waals surface area (Å²) in [4.78, 5) is 0. The highest BCUT2D eigenvalue weighted by Gasteiger charge is 2.08. The molecule has 1 heterocycles. The first kappa shape index (κ1) is 17.9. The number of ether oxygens (including phenoxy) is 2. The zero-order valence-electron chi connectivity index (χ0n) is 15.3. The van der Waals surface area contributed by atoms with Crippen molar-refractivity contribution in [3.05, 3.63) is 59.5 Å². The van der Waals surface area contributed by atoms with E-state index in [0.717, 1.165) is 30.0 Å². The molecule has 26 heavy (non-hydrogen) atoms. The van der Waals surface area contributed by atoms with Crippen molar-refractivity contribution in [2.75, 3.05) is 20.8 Å². The molecule has 0 amide bonds. The van der Waals surface area contributed by atoms with Crippen molar-refractivity contribution in [3.8, 4) is 23.0 Å². The molecule has 136 valence electrons. The molecule has 2 aromatic carbocycles. The molecule has 0 aliphatic heterocycles. The van der Waals surface area contributed by atoms with E-state index < -0.39 is 0 Å². The predicted octanol–water partition coefficient (Wildman–Crippen LogP) is 3.39. The van der Waals surface area contributed by atoms with Crippen LogP contribution in [0.2, 0.25) is 0 Å². The lowest BCUT2D eigenvalue weighted by molar-refractivity contribution is 0.354. The molecule has 0 aliphatic rings. The summed E-state index contributed by atoms with van der Waals surface area (Å²) < 4.78 is 16.3. The Morgan fingerprint density at radius 2 is 1.73 bits per heavy atom. The molecule has 3 rings (SSSR count). The van der Waals surface area contributed by atoms with E-state index in [1.54, 1.807) is 14.2 Å². The minimum absolute atomic E-state index is 0.534. The topological polar surface area (TPSA) is 69.4 Å². The summed E-state index contributed by atoms with van der Waals surface area (Å²) in [5, 5.41) is 11.5. The van der Waals surface area contributed by atoms with Crippen LogP contribution < -0.4 is 14.8 Å². The summed E-state index contributed by atoms with van der Waals surface area (Å²) in [6.07, 6.45) is 0.860. The summed E-state index contributed by atoms with van der Waals surface area (Å²) in [6.45, 7) is 3.37. The quantitative estimate of drug-likeness (QED) is 0.626. The van der Waals surface area contributed by atoms with Gasteiger partial charge < -0.3 is 19.2 Å². The van der Waals surface area contributed by atoms with Gasteiger partial charge in [-0.25, -0.2) is 0 Å². The van der Waals surface area contributed by atoms with Gasteiger partial charge in [0.1, 0.15) is 0 Å². The Bertz CT molecular complexity index is 844. The SMILES string of the molecule is COc1ccc(CCNCc2nnc(-c3ccc(C)cc3)o2)cc1OC. The largest absolute Gasteiger partial charge is 0.493 e. The number of nitrogens with one attached hydrogen (secondary N) is 1. The number of aromatic nitrogens is 2. The van der Waals surface area contributed by atoms with Crippen LogP contribution in [0.15, 0.2) is 46.9 Å². The lowest BCUT2D eigenvalue weighted by atomic mass is 10.1. The third kappa shape index (κ3) is 4.40. The maximum absolute atomic E-state index is 5.71. The molecule has 0 aliphatic carbocycles. The van der Waals surface area contributed by atoms with Crippen LogP contribution in [0, 0.1) is 6.92 Å². The van der Waals surface area contributed by atoms with Gasteiger partial charge in [0.05, 0.1) is 20.8 Å². The lowest BCUT2D eigenvalue weighted by Gasteiger charge is -2.09. The number of hydrogen-bond donors (Lipinski definition) is 1. The number of rotatable bonds is 8. The van der Waals surface area contributed by atoms with Crippen LogP contribution in [0.3, 0.4) is 0 Å². The highest BCUT2D eigenvalue weighted by atomic mass is 16.5. The summed E-state index contributed by atoms with van der Waals surface area (Å²) in [5.41, 5.74) is 3.30. The Morgan fingerprint density at radius 1 is 0.962 bits per heavy atom. The molecule has 0 bridgehead atoms. The van der Waals surface area contributed by atoms with Crippen molar-refractivity contribution in [1.82, 2.24) is 15.5 Å². The first-order chi connectivity index (χ1) is 12.7. The Kier molecular flexibility index (Phi) is 5.86. The van der Waals surface area contributed by atoms with Crippen LogP contribution in [-0.4, -0.2) is 31.0 Å². The maximum atomic E-state index is 5.71. The molecule has 0 unspecified atom stereocenters. The van der Waals surface area contributed by atoms with Crippen LogP contribution in [0.4, 0.5) is 0 Å². The molecule has 0 saturated carbocycles. The standard InChI is InChI=1S/C20H23N3O3/c1-14-4-7-16(8-5-14)20-23-22-19(26-20)13-21-11-10-15-6-9-17(24-2)18(12-15)25-3/h4-9,12,21H,10-11,13H2,1-3H3. The van der Waals surface area contributed by atoms with E-state index in [-0.39, 0.29) is 0 Å². The van der Waals surface area contributed by atoms with Crippen molar-refractivity contribution in [2.45, 2.75) is 19.9 Å². The van der Waals surface area contributed by atoms with Gasteiger partial charge in [-0.1, -0.05) is 23.8 Å². The van der Waals surface area contributed by atoms with E-state index in [9.17, 15) is 0 Å². The molecule has 1 aromatic heterocycles. The van der Waals surface area contributed by atoms with Gasteiger partial charge in [0.25, 0.3) is 0 Å². The molecular formula is C20H23N3O3. The first-order valence-electron chi connectivity index (χ1n) is 8.50. The lowest BCUT2D eigenvalue weighted by Crippen LogP contribution is -2.16. The fourth-order valence-electron chi connectivity index (χ4n) is 2.60. The maximum Gasteiger partial charge on any atom is 0.247 e. The smallest absolute Gasteiger partial charge is 0.247 e. The van der Waals surface area contributed by atoms with E-state index in [1.807, 2.05) is 49.4 Å². The summed E-state index contributed by atoms with van der Waals surface area (Å²) in [6, 6.07) is 14.0. The van der Waals surface area contributed by atoms with Gasteiger partial charge in [-0.3, -0.25) is 0 Å². The minimum atomic E-state index is 0.534. The minimum Gasteiger partial charge on any atom is -0.493 e. The van der Waals surface area contributed by atoms with E-state index in [2.05, 4.69) is 15.5 Å². The van der Waals surface area contributed by atoms with E-state index in [4.69, 9.17) is 13.9 Å². The van der Waals surface area contributed by atoms with Crippen molar-refractivity contribution in [2.24, 2.45) is 0 Å². The van der Waals surface area contributed by atoms with E-state index in [1.165, 1.54) is 11.1 Å². The zero-order valence-corrected chi connectivity index (χ0v) is 15.3. The van der Waals surface area contributed by atoms with Crippen molar-refractivity contribution in [3.63, 3.8) is 0 Å². The van der Waals surface area contributed by atoms with Crippen molar-refractivity contribution in [1.29, 1.82) is 0 Å². The summed E-state index contributed by atoms with van der Waals surface area (Å²) >= 11 is 0. The molecule has 0 fully saturated rings. The monoisotopic (exact) mass is 353 g/mol. The van der Waals surface area contributed by atoms with E-state index in [0.29, 0.717) is 18.3 Å². The number of aryl methyl sites for hydroxylation is 1. The Hall–Kier alpha value is -2.86. The molecule has 0 spiro atoms. The Labute approximate surface area is 153 Å². The zero-order chi connectivity index (χ0) is 18.4. The van der Waals surface area contributed by atoms with Gasteiger partial charge >= 0.3 is 0 Å². The molecule has 6 nitrogen and oxygen atoms in total. The number of nitrogens with zero attached hydrogens (tertiary/aromatic N) is 2. The van der Waals surface area contributed by atoms with Gasteiger partial charge in [0.15, 0.2) is 11.5 Å². The fourth-order valence-corrected chi connectivity index (χ4v) is 2.60. The van der Waals surface area contributed by atoms with Gasteiger partial charge in [-0.15, -0.1) is 10.2 Å². The molecule has 0 saturated heterocycles. The second-order valence-corrected chi connectivity index (χ2v) is 5.98. The van der Waals surface area contributed by atoms with E-state index >= 15 is 0 Å². The van der Waals surface area contributed by atoms with Crippen LogP contribution in [0.1, 0.15) is 17.0 Å². The average Bonchev–Trinajstić information content (AvgIpc) is 3.14. The molecule has 6 heteroatoms.